The van der Waals surface area contributed by atoms with Crippen LogP contribution in [0.15, 0.2) is 17.0 Å². The van der Waals surface area contributed by atoms with Crippen LogP contribution in [0.2, 0.25) is 5.02 Å². The number of hydrogen-bond acceptors (Lipinski definition) is 4. The maximum absolute atomic E-state index is 12.4. The summed E-state index contributed by atoms with van der Waals surface area (Å²) in [5.41, 5.74) is 6.44. The van der Waals surface area contributed by atoms with Crippen molar-refractivity contribution in [2.45, 2.75) is 24.3 Å². The minimum absolute atomic E-state index is 0.129. The van der Waals surface area contributed by atoms with E-state index in [9.17, 15) is 13.5 Å². The van der Waals surface area contributed by atoms with E-state index in [2.05, 4.69) is 0 Å². The fourth-order valence-electron chi connectivity index (χ4n) is 2.01. The third-order valence-electron chi connectivity index (χ3n) is 3.04. The lowest BCUT2D eigenvalue weighted by Crippen LogP contribution is -2.30. The molecule has 1 atom stereocenters. The van der Waals surface area contributed by atoms with E-state index in [1.165, 1.54) is 16.4 Å². The fraction of sp³-hybridized carbons (Fsp3) is 0.455. The minimum atomic E-state index is -3.61. The number of halogens is 1. The molecule has 1 aromatic rings. The van der Waals surface area contributed by atoms with Gasteiger partial charge in [0.25, 0.3) is 0 Å². The number of aryl methyl sites for hydroxylation is 1. The van der Waals surface area contributed by atoms with Crippen molar-refractivity contribution in [2.24, 2.45) is 0 Å². The van der Waals surface area contributed by atoms with Crippen LogP contribution in [0.5, 0.6) is 0 Å². The Balaban J connectivity index is 2.45. The normalized spacial score (nSPS) is 21.4. The number of rotatable bonds is 2. The van der Waals surface area contributed by atoms with Crippen molar-refractivity contribution in [1.82, 2.24) is 4.31 Å². The summed E-state index contributed by atoms with van der Waals surface area (Å²) >= 11 is 5.85. The lowest BCUT2D eigenvalue weighted by molar-refractivity contribution is 0.189. The molecule has 1 aromatic carbocycles. The Kier molecular flexibility index (Phi) is 3.55. The van der Waals surface area contributed by atoms with Crippen molar-refractivity contribution in [3.63, 3.8) is 0 Å². The Morgan fingerprint density at radius 1 is 1.50 bits per heavy atom. The molecule has 5 nitrogen and oxygen atoms in total. The number of hydrogen-bond donors (Lipinski definition) is 2. The summed E-state index contributed by atoms with van der Waals surface area (Å²) in [6, 6.07) is 2.91. The predicted octanol–water partition coefficient (Wildman–Crippen LogP) is 0.986. The standard InChI is InChI=1S/C11H15ClN2O3S/c1-7-4-9(12)10(13)5-11(7)18(16,17)14-3-2-8(15)6-14/h4-5,8,15H,2-3,6,13H2,1H3/t8-/m0/s1. The Morgan fingerprint density at radius 2 is 2.17 bits per heavy atom. The molecule has 1 aliphatic heterocycles. The van der Waals surface area contributed by atoms with Crippen LogP contribution in [-0.4, -0.2) is 37.0 Å². The number of nitrogens with two attached hydrogens (primary N) is 1. The molecule has 0 spiro atoms. The summed E-state index contributed by atoms with van der Waals surface area (Å²) in [5, 5.41) is 9.77. The van der Waals surface area contributed by atoms with Gasteiger partial charge in [0.05, 0.1) is 21.7 Å². The number of sulfonamides is 1. The average molecular weight is 291 g/mol. The van der Waals surface area contributed by atoms with Crippen molar-refractivity contribution in [2.75, 3.05) is 18.8 Å². The van der Waals surface area contributed by atoms with Crippen LogP contribution < -0.4 is 5.73 Å². The smallest absolute Gasteiger partial charge is 0.243 e. The number of β-amino-alcohol motifs (C(OH)–C–C–N with tert-alkyl or cyclic N) is 1. The van der Waals surface area contributed by atoms with Gasteiger partial charge in [-0.05, 0) is 31.0 Å². The van der Waals surface area contributed by atoms with Gasteiger partial charge in [0.1, 0.15) is 0 Å². The monoisotopic (exact) mass is 290 g/mol. The van der Waals surface area contributed by atoms with E-state index >= 15 is 0 Å². The second-order valence-electron chi connectivity index (χ2n) is 4.44. The molecule has 1 heterocycles. The van der Waals surface area contributed by atoms with Gasteiger partial charge in [0.2, 0.25) is 10.0 Å². The van der Waals surface area contributed by atoms with Crippen LogP contribution in [0.3, 0.4) is 0 Å². The van der Waals surface area contributed by atoms with Crippen molar-refractivity contribution in [1.29, 1.82) is 0 Å². The molecule has 3 N–H and O–H groups in total. The van der Waals surface area contributed by atoms with E-state index in [1.807, 2.05) is 0 Å². The largest absolute Gasteiger partial charge is 0.397 e. The molecular formula is C11H15ClN2O3S. The predicted molar refractivity (Wildman–Crippen MR) is 70.0 cm³/mol. The molecule has 100 valence electrons. The fourth-order valence-corrected chi connectivity index (χ4v) is 3.97. The van der Waals surface area contributed by atoms with Crippen LogP contribution in [0.1, 0.15) is 12.0 Å². The number of aliphatic hydroxyl groups excluding tert-OH is 1. The van der Waals surface area contributed by atoms with Gasteiger partial charge in [0, 0.05) is 13.1 Å². The van der Waals surface area contributed by atoms with E-state index in [-0.39, 0.29) is 17.1 Å². The summed E-state index contributed by atoms with van der Waals surface area (Å²) in [6.07, 6.45) is -0.133. The van der Waals surface area contributed by atoms with Gasteiger partial charge in [-0.25, -0.2) is 8.42 Å². The van der Waals surface area contributed by atoms with Crippen LogP contribution in [0, 0.1) is 6.92 Å². The summed E-state index contributed by atoms with van der Waals surface area (Å²) in [5.74, 6) is 0. The first-order valence-corrected chi connectivity index (χ1v) is 7.38. The molecule has 0 aliphatic carbocycles. The molecule has 7 heteroatoms. The third-order valence-corrected chi connectivity index (χ3v) is 5.37. The summed E-state index contributed by atoms with van der Waals surface area (Å²) in [7, 11) is -3.61. The van der Waals surface area contributed by atoms with Gasteiger partial charge < -0.3 is 10.8 Å². The Bertz CT molecular complexity index is 574. The second kappa shape index (κ2) is 4.70. The highest BCUT2D eigenvalue weighted by atomic mass is 35.5. The number of benzene rings is 1. The minimum Gasteiger partial charge on any atom is -0.397 e. The van der Waals surface area contributed by atoms with E-state index in [4.69, 9.17) is 17.3 Å². The third kappa shape index (κ3) is 2.33. The molecule has 1 fully saturated rings. The van der Waals surface area contributed by atoms with E-state index < -0.39 is 16.1 Å². The highest BCUT2D eigenvalue weighted by molar-refractivity contribution is 7.89. The van der Waals surface area contributed by atoms with Gasteiger partial charge >= 0.3 is 0 Å². The molecule has 0 radical (unpaired) electrons. The van der Waals surface area contributed by atoms with Gasteiger partial charge in [-0.2, -0.15) is 4.31 Å². The van der Waals surface area contributed by atoms with E-state index in [0.717, 1.165) is 0 Å². The molecule has 2 rings (SSSR count). The summed E-state index contributed by atoms with van der Waals surface area (Å²) in [6.45, 7) is 2.13. The number of aliphatic hydroxyl groups is 1. The van der Waals surface area contributed by atoms with Crippen LogP contribution >= 0.6 is 11.6 Å². The van der Waals surface area contributed by atoms with Crippen LogP contribution in [-0.2, 0) is 10.0 Å². The van der Waals surface area contributed by atoms with Crippen LogP contribution in [0.25, 0.3) is 0 Å². The zero-order valence-electron chi connectivity index (χ0n) is 9.93. The van der Waals surface area contributed by atoms with Gasteiger partial charge in [-0.1, -0.05) is 11.6 Å². The van der Waals surface area contributed by atoms with E-state index in [0.29, 0.717) is 23.6 Å². The average Bonchev–Trinajstić information content (AvgIpc) is 2.70. The second-order valence-corrected chi connectivity index (χ2v) is 6.76. The zero-order chi connectivity index (χ0) is 13.5. The van der Waals surface area contributed by atoms with Crippen molar-refractivity contribution in [3.05, 3.63) is 22.7 Å². The van der Waals surface area contributed by atoms with Crippen molar-refractivity contribution >= 4 is 27.3 Å². The van der Waals surface area contributed by atoms with Crippen molar-refractivity contribution < 1.29 is 13.5 Å². The lowest BCUT2D eigenvalue weighted by Gasteiger charge is -2.18. The first-order chi connectivity index (χ1) is 8.32. The number of anilines is 1. The van der Waals surface area contributed by atoms with Gasteiger partial charge in [-0.15, -0.1) is 0 Å². The SMILES string of the molecule is Cc1cc(Cl)c(N)cc1S(=O)(=O)N1CC[C@H](O)C1. The molecule has 0 amide bonds. The first kappa shape index (κ1) is 13.6. The first-order valence-electron chi connectivity index (χ1n) is 5.56. The molecule has 0 unspecified atom stereocenters. The Labute approximate surface area is 111 Å². The quantitative estimate of drug-likeness (QED) is 0.796. The number of nitrogen functional groups attached to an aromatic ring is 1. The molecule has 1 saturated heterocycles. The highest BCUT2D eigenvalue weighted by Crippen LogP contribution is 2.29. The van der Waals surface area contributed by atoms with E-state index in [1.54, 1.807) is 6.92 Å². The maximum atomic E-state index is 12.4. The highest BCUT2D eigenvalue weighted by Gasteiger charge is 2.32. The molecule has 1 aliphatic rings. The molecular weight excluding hydrogens is 276 g/mol. The topological polar surface area (TPSA) is 83.6 Å². The zero-order valence-corrected chi connectivity index (χ0v) is 11.5. The summed E-state index contributed by atoms with van der Waals surface area (Å²) < 4.78 is 26.0. The molecule has 18 heavy (non-hydrogen) atoms. The maximum Gasteiger partial charge on any atom is 0.243 e. The molecule has 0 saturated carbocycles. The summed E-state index contributed by atoms with van der Waals surface area (Å²) in [4.78, 5) is 0.151. The van der Waals surface area contributed by atoms with Crippen molar-refractivity contribution in [3.8, 4) is 0 Å². The Hall–Kier alpha value is -0.820. The molecule has 0 bridgehead atoms. The van der Waals surface area contributed by atoms with Crippen LogP contribution in [0.4, 0.5) is 5.69 Å². The number of nitrogens with zero attached hydrogens (tertiary/aromatic N) is 1. The van der Waals surface area contributed by atoms with Gasteiger partial charge in [0.15, 0.2) is 0 Å². The Morgan fingerprint density at radius 3 is 2.72 bits per heavy atom. The van der Waals surface area contributed by atoms with Gasteiger partial charge in [-0.3, -0.25) is 0 Å². The molecule has 0 aromatic heterocycles. The lowest BCUT2D eigenvalue weighted by atomic mass is 10.2.